The topological polar surface area (TPSA) is 38.1 Å². The maximum atomic E-state index is 13.1. The van der Waals surface area contributed by atoms with Crippen molar-refractivity contribution in [2.24, 2.45) is 5.92 Å². The molecule has 0 aliphatic heterocycles. The minimum atomic E-state index is -0.293. The lowest BCUT2D eigenvalue weighted by Gasteiger charge is -2.24. The molecule has 0 aliphatic rings. The average molecular weight is 378 g/mol. The first-order valence-electron chi connectivity index (χ1n) is 8.64. The zero-order valence-electron chi connectivity index (χ0n) is 15.8. The SMILES string of the molecule is Cc1nn(CC(C)C)c(Cl)c1/C=C/C(=O)N(C)C(C)c1ccc(F)cc1. The number of carbonyl (C=O) groups is 1. The van der Waals surface area contributed by atoms with Crippen LogP contribution in [0.5, 0.6) is 0 Å². The molecule has 1 unspecified atom stereocenters. The Labute approximate surface area is 159 Å². The molecular formula is C20H25ClFN3O. The zero-order chi connectivity index (χ0) is 19.4. The number of aromatic nitrogens is 2. The minimum Gasteiger partial charge on any atom is -0.335 e. The molecule has 0 radical (unpaired) electrons. The second kappa shape index (κ2) is 8.49. The van der Waals surface area contributed by atoms with Crippen LogP contribution in [0, 0.1) is 18.7 Å². The maximum Gasteiger partial charge on any atom is 0.246 e. The number of hydrogen-bond donors (Lipinski definition) is 0. The Bertz CT molecular complexity index is 796. The standard InChI is InChI=1S/C20H25ClFN3O/c1-13(2)12-25-20(21)18(14(3)23-25)10-11-19(26)24(5)15(4)16-6-8-17(22)9-7-16/h6-11,13,15H,12H2,1-5H3/b11-10+. The van der Waals surface area contributed by atoms with E-state index < -0.39 is 0 Å². The van der Waals surface area contributed by atoms with Gasteiger partial charge in [-0.2, -0.15) is 5.10 Å². The fraction of sp³-hybridized carbons (Fsp3) is 0.400. The maximum absolute atomic E-state index is 13.1. The largest absolute Gasteiger partial charge is 0.335 e. The van der Waals surface area contributed by atoms with Gasteiger partial charge in [-0.3, -0.25) is 9.48 Å². The van der Waals surface area contributed by atoms with E-state index in [4.69, 9.17) is 11.6 Å². The fourth-order valence-electron chi connectivity index (χ4n) is 2.65. The number of aryl methyl sites for hydroxylation is 1. The number of hydrogen-bond acceptors (Lipinski definition) is 2. The molecule has 1 atom stereocenters. The summed E-state index contributed by atoms with van der Waals surface area (Å²) in [5, 5.41) is 4.97. The second-order valence-electron chi connectivity index (χ2n) is 6.88. The highest BCUT2D eigenvalue weighted by Gasteiger charge is 2.17. The first-order valence-corrected chi connectivity index (χ1v) is 9.01. The molecule has 2 rings (SSSR count). The quantitative estimate of drug-likeness (QED) is 0.673. The summed E-state index contributed by atoms with van der Waals surface area (Å²) in [6, 6.07) is 5.99. The molecule has 0 aliphatic carbocycles. The van der Waals surface area contributed by atoms with E-state index in [0.717, 1.165) is 23.4 Å². The van der Waals surface area contributed by atoms with E-state index in [1.54, 1.807) is 34.8 Å². The van der Waals surface area contributed by atoms with Crippen molar-refractivity contribution in [1.82, 2.24) is 14.7 Å². The Kier molecular flexibility index (Phi) is 6.59. The average Bonchev–Trinajstić information content (AvgIpc) is 2.85. The van der Waals surface area contributed by atoms with E-state index >= 15 is 0 Å². The summed E-state index contributed by atoms with van der Waals surface area (Å²) in [6.07, 6.45) is 3.20. The van der Waals surface area contributed by atoms with Gasteiger partial charge < -0.3 is 4.90 Å². The molecule has 2 aromatic rings. The van der Waals surface area contributed by atoms with Gasteiger partial charge in [0, 0.05) is 25.2 Å². The number of amides is 1. The van der Waals surface area contributed by atoms with Crippen LogP contribution in [-0.4, -0.2) is 27.6 Å². The Morgan fingerprint density at radius 3 is 2.50 bits per heavy atom. The fourth-order valence-corrected chi connectivity index (χ4v) is 2.96. The van der Waals surface area contributed by atoms with Crippen molar-refractivity contribution < 1.29 is 9.18 Å². The number of benzene rings is 1. The predicted molar refractivity (Wildman–Crippen MR) is 103 cm³/mol. The highest BCUT2D eigenvalue weighted by atomic mass is 35.5. The van der Waals surface area contributed by atoms with E-state index in [0.29, 0.717) is 11.1 Å². The molecule has 0 fully saturated rings. The molecule has 140 valence electrons. The molecule has 0 N–H and O–H groups in total. The van der Waals surface area contributed by atoms with E-state index in [1.165, 1.54) is 18.2 Å². The molecular weight excluding hydrogens is 353 g/mol. The molecule has 0 saturated carbocycles. The normalized spacial score (nSPS) is 12.8. The van der Waals surface area contributed by atoms with Gasteiger partial charge in [0.15, 0.2) is 0 Å². The number of likely N-dealkylation sites (N-methyl/N-ethyl adjacent to an activating group) is 1. The third kappa shape index (κ3) is 4.73. The summed E-state index contributed by atoms with van der Waals surface area (Å²) < 4.78 is 14.8. The molecule has 1 aromatic heterocycles. The lowest BCUT2D eigenvalue weighted by molar-refractivity contribution is -0.126. The molecule has 0 saturated heterocycles. The molecule has 1 heterocycles. The lowest BCUT2D eigenvalue weighted by Crippen LogP contribution is -2.27. The van der Waals surface area contributed by atoms with Gasteiger partial charge in [0.05, 0.1) is 11.7 Å². The molecule has 0 bridgehead atoms. The highest BCUT2D eigenvalue weighted by molar-refractivity contribution is 6.31. The van der Waals surface area contributed by atoms with Crippen LogP contribution in [0.4, 0.5) is 4.39 Å². The number of nitrogens with zero attached hydrogens (tertiary/aromatic N) is 3. The van der Waals surface area contributed by atoms with Crippen molar-refractivity contribution in [1.29, 1.82) is 0 Å². The van der Waals surface area contributed by atoms with E-state index in [2.05, 4.69) is 18.9 Å². The van der Waals surface area contributed by atoms with Crippen LogP contribution in [0.1, 0.15) is 43.6 Å². The minimum absolute atomic E-state index is 0.158. The Balaban J connectivity index is 2.13. The lowest BCUT2D eigenvalue weighted by atomic mass is 10.1. The Morgan fingerprint density at radius 2 is 1.92 bits per heavy atom. The molecule has 6 heteroatoms. The third-order valence-electron chi connectivity index (χ3n) is 4.32. The first-order chi connectivity index (χ1) is 12.2. The van der Waals surface area contributed by atoms with Crippen molar-refractivity contribution in [2.75, 3.05) is 7.05 Å². The number of halogens is 2. The number of rotatable bonds is 6. The predicted octanol–water partition coefficient (Wildman–Crippen LogP) is 4.87. The van der Waals surface area contributed by atoms with E-state index in [1.807, 2.05) is 13.8 Å². The van der Waals surface area contributed by atoms with Crippen LogP contribution in [-0.2, 0) is 11.3 Å². The molecule has 1 aromatic carbocycles. The van der Waals surface area contributed by atoms with Crippen molar-refractivity contribution in [2.45, 2.75) is 40.3 Å². The van der Waals surface area contributed by atoms with Crippen LogP contribution < -0.4 is 0 Å². The van der Waals surface area contributed by atoms with Gasteiger partial charge >= 0.3 is 0 Å². The monoisotopic (exact) mass is 377 g/mol. The summed E-state index contributed by atoms with van der Waals surface area (Å²) in [7, 11) is 1.72. The van der Waals surface area contributed by atoms with Crippen LogP contribution in [0.3, 0.4) is 0 Å². The van der Waals surface area contributed by atoms with E-state index in [9.17, 15) is 9.18 Å². The van der Waals surface area contributed by atoms with E-state index in [-0.39, 0.29) is 17.8 Å². The van der Waals surface area contributed by atoms with Crippen molar-refractivity contribution >= 4 is 23.6 Å². The highest BCUT2D eigenvalue weighted by Crippen LogP contribution is 2.23. The smallest absolute Gasteiger partial charge is 0.246 e. The van der Waals surface area contributed by atoms with Crippen LogP contribution >= 0.6 is 11.6 Å². The molecule has 4 nitrogen and oxygen atoms in total. The van der Waals surface area contributed by atoms with Gasteiger partial charge in [-0.1, -0.05) is 37.6 Å². The first kappa shape index (κ1) is 20.2. The Morgan fingerprint density at radius 1 is 1.31 bits per heavy atom. The summed E-state index contributed by atoms with van der Waals surface area (Å²) in [4.78, 5) is 14.1. The summed E-state index contributed by atoms with van der Waals surface area (Å²) in [5.41, 5.74) is 2.41. The summed E-state index contributed by atoms with van der Waals surface area (Å²) in [5.74, 6) is -0.0276. The molecule has 0 spiro atoms. The van der Waals surface area contributed by atoms with Crippen molar-refractivity contribution in [3.8, 4) is 0 Å². The van der Waals surface area contributed by atoms with Crippen molar-refractivity contribution in [3.05, 3.63) is 58.1 Å². The molecule has 1 amide bonds. The molecule has 26 heavy (non-hydrogen) atoms. The van der Waals surface area contributed by atoms with Gasteiger partial charge in [0.2, 0.25) is 5.91 Å². The third-order valence-corrected chi connectivity index (χ3v) is 4.72. The van der Waals surface area contributed by atoms with Gasteiger partial charge in [0.25, 0.3) is 0 Å². The summed E-state index contributed by atoms with van der Waals surface area (Å²) >= 11 is 6.40. The van der Waals surface area contributed by atoms with Gasteiger partial charge in [-0.15, -0.1) is 0 Å². The van der Waals surface area contributed by atoms with Crippen LogP contribution in [0.15, 0.2) is 30.3 Å². The zero-order valence-corrected chi connectivity index (χ0v) is 16.6. The van der Waals surface area contributed by atoms with Crippen LogP contribution in [0.25, 0.3) is 6.08 Å². The van der Waals surface area contributed by atoms with Crippen LogP contribution in [0.2, 0.25) is 5.15 Å². The summed E-state index contributed by atoms with van der Waals surface area (Å²) in [6.45, 7) is 8.69. The Hall–Kier alpha value is -2.14. The van der Waals surface area contributed by atoms with Gasteiger partial charge in [-0.25, -0.2) is 4.39 Å². The second-order valence-corrected chi connectivity index (χ2v) is 7.23. The van der Waals surface area contributed by atoms with Gasteiger partial charge in [-0.05, 0) is 43.5 Å². The number of carbonyl (C=O) groups excluding carboxylic acids is 1. The van der Waals surface area contributed by atoms with Gasteiger partial charge in [0.1, 0.15) is 11.0 Å². The van der Waals surface area contributed by atoms with Crippen molar-refractivity contribution in [3.63, 3.8) is 0 Å².